The summed E-state index contributed by atoms with van der Waals surface area (Å²) >= 11 is 0. The fourth-order valence-electron chi connectivity index (χ4n) is 3.12. The van der Waals surface area contributed by atoms with E-state index >= 15 is 0 Å². The number of rotatable bonds is 5. The highest BCUT2D eigenvalue weighted by atomic mass is 16.6. The highest BCUT2D eigenvalue weighted by Gasteiger charge is 2.27. The van der Waals surface area contributed by atoms with Gasteiger partial charge in [0.25, 0.3) is 0 Å². The van der Waals surface area contributed by atoms with Gasteiger partial charge in [-0.15, -0.1) is 0 Å². The lowest BCUT2D eigenvalue weighted by atomic mass is 9.98. The predicted molar refractivity (Wildman–Crippen MR) is 102 cm³/mol. The van der Waals surface area contributed by atoms with E-state index in [0.717, 1.165) is 0 Å². The minimum Gasteiger partial charge on any atom is -0.486 e. The fourth-order valence-corrected chi connectivity index (χ4v) is 3.12. The highest BCUT2D eigenvalue weighted by Crippen LogP contribution is 2.32. The zero-order valence-electron chi connectivity index (χ0n) is 15.9. The van der Waals surface area contributed by atoms with Crippen LogP contribution in [0.15, 0.2) is 23.8 Å². The van der Waals surface area contributed by atoms with Gasteiger partial charge in [-0.2, -0.15) is 5.26 Å². The lowest BCUT2D eigenvalue weighted by molar-refractivity contribution is 0.0523. The Morgan fingerprint density at radius 3 is 2.54 bits per heavy atom. The SMILES string of the molecule is CCOC(=O)c1c(C)[nH]c(C)c1C(=O)/C(C#N)=C/c1ccc2c(c1)OCCO2. The second-order valence-electron chi connectivity index (χ2n) is 6.25. The van der Waals surface area contributed by atoms with Crippen LogP contribution in [0.25, 0.3) is 6.08 Å². The lowest BCUT2D eigenvalue weighted by Gasteiger charge is -2.18. The number of fused-ring (bicyclic) bond motifs is 1. The number of carbonyl (C=O) groups excluding carboxylic acids is 2. The summed E-state index contributed by atoms with van der Waals surface area (Å²) in [5, 5.41) is 9.57. The molecule has 0 fully saturated rings. The van der Waals surface area contributed by atoms with Crippen LogP contribution < -0.4 is 9.47 Å². The quantitative estimate of drug-likeness (QED) is 0.369. The van der Waals surface area contributed by atoms with Crippen molar-refractivity contribution in [1.82, 2.24) is 4.98 Å². The van der Waals surface area contributed by atoms with Crippen LogP contribution in [0.1, 0.15) is 44.6 Å². The average molecular weight is 380 g/mol. The average Bonchev–Trinajstić information content (AvgIpc) is 2.99. The molecule has 7 heteroatoms. The van der Waals surface area contributed by atoms with Crippen molar-refractivity contribution in [3.05, 3.63) is 51.9 Å². The molecule has 0 saturated carbocycles. The van der Waals surface area contributed by atoms with Gasteiger partial charge in [-0.05, 0) is 44.5 Å². The number of nitrogens with zero attached hydrogens (tertiary/aromatic N) is 1. The first-order valence-corrected chi connectivity index (χ1v) is 8.88. The predicted octanol–water partition coefficient (Wildman–Crippen LogP) is 3.37. The Morgan fingerprint density at radius 1 is 1.18 bits per heavy atom. The minimum absolute atomic E-state index is 0.0932. The number of aromatic amines is 1. The van der Waals surface area contributed by atoms with Crippen LogP contribution in [0.4, 0.5) is 0 Å². The number of benzene rings is 1. The molecule has 0 bridgehead atoms. The number of hydrogen-bond donors (Lipinski definition) is 1. The molecule has 0 amide bonds. The van der Waals surface area contributed by atoms with Gasteiger partial charge in [0, 0.05) is 11.4 Å². The molecule has 1 N–H and O–H groups in total. The molecule has 0 unspecified atom stereocenters. The maximum atomic E-state index is 13.1. The van der Waals surface area contributed by atoms with E-state index in [4.69, 9.17) is 14.2 Å². The zero-order valence-corrected chi connectivity index (χ0v) is 15.9. The minimum atomic E-state index is -0.593. The number of Topliss-reactive ketones (excluding diaryl/α,β-unsaturated/α-hetero) is 1. The Kier molecular flexibility index (Phi) is 5.50. The standard InChI is InChI=1S/C21H20N2O5/c1-4-26-21(25)19-13(3)23-12(2)18(19)20(24)15(11-22)9-14-5-6-16-17(10-14)28-8-7-27-16/h5-6,9-10,23H,4,7-8H2,1-3H3/b15-9+. The van der Waals surface area contributed by atoms with Gasteiger partial charge in [-0.25, -0.2) is 4.79 Å². The molecule has 1 aromatic heterocycles. The molecule has 0 spiro atoms. The van der Waals surface area contributed by atoms with Crippen molar-refractivity contribution in [2.75, 3.05) is 19.8 Å². The molecular formula is C21H20N2O5. The summed E-state index contributed by atoms with van der Waals surface area (Å²) in [7, 11) is 0. The smallest absolute Gasteiger partial charge is 0.340 e. The van der Waals surface area contributed by atoms with Crippen molar-refractivity contribution in [3.8, 4) is 17.6 Å². The monoisotopic (exact) mass is 380 g/mol. The molecule has 0 atom stereocenters. The number of nitrogens with one attached hydrogen (secondary N) is 1. The number of hydrogen-bond acceptors (Lipinski definition) is 6. The van der Waals surface area contributed by atoms with E-state index in [1.807, 2.05) is 6.07 Å². The molecule has 2 heterocycles. The summed E-state index contributed by atoms with van der Waals surface area (Å²) in [5.41, 5.74) is 1.87. The molecule has 0 saturated heterocycles. The topological polar surface area (TPSA) is 101 Å². The molecule has 1 aromatic carbocycles. The summed E-state index contributed by atoms with van der Waals surface area (Å²) in [4.78, 5) is 28.4. The van der Waals surface area contributed by atoms with E-state index in [0.29, 0.717) is 41.7 Å². The lowest BCUT2D eigenvalue weighted by Crippen LogP contribution is -2.15. The molecule has 144 valence electrons. The van der Waals surface area contributed by atoms with Gasteiger partial charge in [0.05, 0.1) is 17.7 Å². The van der Waals surface area contributed by atoms with Gasteiger partial charge in [-0.1, -0.05) is 6.07 Å². The van der Waals surface area contributed by atoms with Crippen molar-refractivity contribution < 1.29 is 23.8 Å². The Labute approximate surface area is 162 Å². The third-order valence-electron chi connectivity index (χ3n) is 4.32. The Bertz CT molecular complexity index is 1010. The van der Waals surface area contributed by atoms with Crippen LogP contribution in [-0.2, 0) is 4.74 Å². The van der Waals surface area contributed by atoms with E-state index in [-0.39, 0.29) is 23.3 Å². The van der Waals surface area contributed by atoms with Crippen LogP contribution in [0, 0.1) is 25.2 Å². The summed E-state index contributed by atoms with van der Waals surface area (Å²) in [6.07, 6.45) is 1.47. The number of aromatic nitrogens is 1. The first kappa shape index (κ1) is 19.2. The van der Waals surface area contributed by atoms with Gasteiger partial charge in [0.2, 0.25) is 5.78 Å². The number of ether oxygens (including phenoxy) is 3. The molecular weight excluding hydrogens is 360 g/mol. The summed E-state index contributed by atoms with van der Waals surface area (Å²) in [6, 6.07) is 7.11. The third-order valence-corrected chi connectivity index (χ3v) is 4.32. The van der Waals surface area contributed by atoms with Crippen LogP contribution in [-0.4, -0.2) is 36.6 Å². The fraction of sp³-hybridized carbons (Fsp3) is 0.286. The largest absolute Gasteiger partial charge is 0.486 e. The van der Waals surface area contributed by atoms with Crippen LogP contribution in [0.3, 0.4) is 0 Å². The molecule has 2 aromatic rings. The van der Waals surface area contributed by atoms with Gasteiger partial charge in [-0.3, -0.25) is 4.79 Å². The van der Waals surface area contributed by atoms with Gasteiger partial charge in [0.15, 0.2) is 11.5 Å². The summed E-state index contributed by atoms with van der Waals surface area (Å²) < 4.78 is 16.1. The van der Waals surface area contributed by atoms with E-state index in [9.17, 15) is 14.9 Å². The van der Waals surface area contributed by atoms with Gasteiger partial charge in [0.1, 0.15) is 24.9 Å². The molecule has 0 aliphatic carbocycles. The molecule has 1 aliphatic heterocycles. The maximum absolute atomic E-state index is 13.1. The van der Waals surface area contributed by atoms with Crippen molar-refractivity contribution in [3.63, 3.8) is 0 Å². The molecule has 28 heavy (non-hydrogen) atoms. The number of H-pyrrole nitrogens is 1. The molecule has 3 rings (SSSR count). The Morgan fingerprint density at radius 2 is 1.86 bits per heavy atom. The second-order valence-corrected chi connectivity index (χ2v) is 6.25. The Balaban J connectivity index is 2.00. The van der Waals surface area contributed by atoms with Crippen LogP contribution in [0.2, 0.25) is 0 Å². The molecule has 0 radical (unpaired) electrons. The number of esters is 1. The molecule has 7 nitrogen and oxygen atoms in total. The first-order valence-electron chi connectivity index (χ1n) is 8.88. The number of nitriles is 1. The van der Waals surface area contributed by atoms with E-state index in [1.54, 1.807) is 39.0 Å². The van der Waals surface area contributed by atoms with Crippen molar-refractivity contribution >= 4 is 17.8 Å². The zero-order chi connectivity index (χ0) is 20.3. The highest BCUT2D eigenvalue weighted by molar-refractivity contribution is 6.19. The van der Waals surface area contributed by atoms with E-state index in [2.05, 4.69) is 4.98 Å². The van der Waals surface area contributed by atoms with E-state index < -0.39 is 11.8 Å². The van der Waals surface area contributed by atoms with Crippen LogP contribution >= 0.6 is 0 Å². The summed E-state index contributed by atoms with van der Waals surface area (Å²) in [5.74, 6) is 0.0483. The Hall–Kier alpha value is -3.53. The van der Waals surface area contributed by atoms with Crippen LogP contribution in [0.5, 0.6) is 11.5 Å². The third kappa shape index (κ3) is 3.62. The van der Waals surface area contributed by atoms with E-state index in [1.165, 1.54) is 6.08 Å². The normalized spacial score (nSPS) is 13.0. The van der Waals surface area contributed by atoms with Gasteiger partial charge < -0.3 is 19.2 Å². The number of ketones is 1. The van der Waals surface area contributed by atoms with Crippen molar-refractivity contribution in [1.29, 1.82) is 5.26 Å². The number of allylic oxidation sites excluding steroid dienone is 1. The number of carbonyl (C=O) groups is 2. The summed E-state index contributed by atoms with van der Waals surface area (Å²) in [6.45, 7) is 6.17. The molecule has 1 aliphatic rings. The van der Waals surface area contributed by atoms with Crippen molar-refractivity contribution in [2.45, 2.75) is 20.8 Å². The first-order chi connectivity index (χ1) is 13.5. The maximum Gasteiger partial charge on any atom is 0.340 e. The second kappa shape index (κ2) is 8.01. The van der Waals surface area contributed by atoms with Crippen molar-refractivity contribution in [2.24, 2.45) is 0 Å². The number of aryl methyl sites for hydroxylation is 2. The van der Waals surface area contributed by atoms with Gasteiger partial charge >= 0.3 is 5.97 Å².